The zero-order valence-electron chi connectivity index (χ0n) is 8.96. The number of aliphatic carboxylic acids is 1. The highest BCUT2D eigenvalue weighted by Crippen LogP contribution is 2.09. The van der Waals surface area contributed by atoms with E-state index in [9.17, 15) is 9.59 Å². The van der Waals surface area contributed by atoms with E-state index in [1.807, 2.05) is 6.92 Å². The summed E-state index contributed by atoms with van der Waals surface area (Å²) in [6, 6.07) is -0.522. The molecule has 0 aromatic carbocycles. The number of aromatic nitrogens is 3. The molecule has 0 aliphatic carbocycles. The van der Waals surface area contributed by atoms with Gasteiger partial charge in [-0.05, 0) is 6.42 Å². The standard InChI is InChI=1S/C9H14N4O3/c1-2-7(9(10)16)13-5-6(11-12-13)3-4-8(14)15/h5,7H,2-4H2,1H3,(H2,10,16)(H,14,15). The van der Waals surface area contributed by atoms with Crippen molar-refractivity contribution in [2.24, 2.45) is 5.73 Å². The lowest BCUT2D eigenvalue weighted by Crippen LogP contribution is -2.26. The Labute approximate surface area is 92.2 Å². The van der Waals surface area contributed by atoms with Crippen molar-refractivity contribution in [3.63, 3.8) is 0 Å². The number of primary amides is 1. The molecule has 3 N–H and O–H groups in total. The third kappa shape index (κ3) is 3.04. The first kappa shape index (κ1) is 12.2. The van der Waals surface area contributed by atoms with Crippen molar-refractivity contribution in [2.75, 3.05) is 0 Å². The van der Waals surface area contributed by atoms with Crippen LogP contribution in [0, 0.1) is 0 Å². The van der Waals surface area contributed by atoms with E-state index >= 15 is 0 Å². The summed E-state index contributed by atoms with van der Waals surface area (Å²) in [7, 11) is 0. The van der Waals surface area contributed by atoms with Crippen LogP contribution in [-0.2, 0) is 16.0 Å². The zero-order valence-corrected chi connectivity index (χ0v) is 8.96. The molecule has 0 aliphatic heterocycles. The molecule has 0 fully saturated rings. The fraction of sp³-hybridized carbons (Fsp3) is 0.556. The van der Waals surface area contributed by atoms with Crippen LogP contribution >= 0.6 is 0 Å². The Morgan fingerprint density at radius 3 is 2.81 bits per heavy atom. The summed E-state index contributed by atoms with van der Waals surface area (Å²) in [6.45, 7) is 1.81. The van der Waals surface area contributed by atoms with Gasteiger partial charge in [0, 0.05) is 12.6 Å². The molecule has 1 atom stereocenters. The molecule has 7 heteroatoms. The second-order valence-corrected chi connectivity index (χ2v) is 3.41. The summed E-state index contributed by atoms with van der Waals surface area (Å²) in [5.74, 6) is -1.37. The molecule has 1 aromatic rings. The van der Waals surface area contributed by atoms with Crippen LogP contribution in [0.1, 0.15) is 31.5 Å². The Bertz CT molecular complexity index is 388. The number of carboxylic acids is 1. The predicted molar refractivity (Wildman–Crippen MR) is 54.5 cm³/mol. The van der Waals surface area contributed by atoms with Crippen molar-refractivity contribution in [3.8, 4) is 0 Å². The molecule has 0 aliphatic rings. The van der Waals surface area contributed by atoms with Gasteiger partial charge in [-0.3, -0.25) is 9.59 Å². The van der Waals surface area contributed by atoms with Gasteiger partial charge in [0.1, 0.15) is 6.04 Å². The normalized spacial score (nSPS) is 12.3. The number of nitrogens with zero attached hydrogens (tertiary/aromatic N) is 3. The topological polar surface area (TPSA) is 111 Å². The van der Waals surface area contributed by atoms with E-state index in [-0.39, 0.29) is 6.42 Å². The van der Waals surface area contributed by atoms with E-state index in [1.54, 1.807) is 6.20 Å². The predicted octanol–water partition coefficient (Wildman–Crippen LogP) is -0.268. The fourth-order valence-corrected chi connectivity index (χ4v) is 1.33. The Morgan fingerprint density at radius 2 is 2.31 bits per heavy atom. The van der Waals surface area contributed by atoms with Gasteiger partial charge in [-0.1, -0.05) is 12.1 Å². The molecule has 1 heterocycles. The number of aryl methyl sites for hydroxylation is 1. The van der Waals surface area contributed by atoms with E-state index in [0.29, 0.717) is 18.5 Å². The second-order valence-electron chi connectivity index (χ2n) is 3.41. The number of carbonyl (C=O) groups is 2. The summed E-state index contributed by atoms with van der Waals surface area (Å²) < 4.78 is 1.37. The summed E-state index contributed by atoms with van der Waals surface area (Å²) in [5, 5.41) is 16.0. The molecular weight excluding hydrogens is 212 g/mol. The average molecular weight is 226 g/mol. The molecule has 0 saturated carbocycles. The monoisotopic (exact) mass is 226 g/mol. The third-order valence-corrected chi connectivity index (χ3v) is 2.19. The average Bonchev–Trinajstić information content (AvgIpc) is 2.64. The molecule has 88 valence electrons. The maximum atomic E-state index is 11.0. The number of rotatable bonds is 6. The number of nitrogens with two attached hydrogens (primary N) is 1. The highest BCUT2D eigenvalue weighted by Gasteiger charge is 2.16. The molecule has 16 heavy (non-hydrogen) atoms. The minimum Gasteiger partial charge on any atom is -0.481 e. The molecule has 1 aromatic heterocycles. The number of carbonyl (C=O) groups excluding carboxylic acids is 1. The molecule has 0 saturated heterocycles. The van der Waals surface area contributed by atoms with Crippen molar-refractivity contribution < 1.29 is 14.7 Å². The molecule has 1 unspecified atom stereocenters. The summed E-state index contributed by atoms with van der Waals surface area (Å²) in [6.07, 6.45) is 2.37. The van der Waals surface area contributed by atoms with Gasteiger partial charge >= 0.3 is 5.97 Å². The van der Waals surface area contributed by atoms with Crippen molar-refractivity contribution in [1.29, 1.82) is 0 Å². The minimum atomic E-state index is -0.892. The van der Waals surface area contributed by atoms with Crippen LogP contribution in [0.25, 0.3) is 0 Å². The number of amides is 1. The maximum absolute atomic E-state index is 11.0. The van der Waals surface area contributed by atoms with Gasteiger partial charge < -0.3 is 10.8 Å². The largest absolute Gasteiger partial charge is 0.481 e. The first-order valence-corrected chi connectivity index (χ1v) is 4.96. The van der Waals surface area contributed by atoms with Crippen LogP contribution in [0.2, 0.25) is 0 Å². The zero-order chi connectivity index (χ0) is 12.1. The highest BCUT2D eigenvalue weighted by atomic mass is 16.4. The number of hydrogen-bond donors (Lipinski definition) is 2. The van der Waals surface area contributed by atoms with Gasteiger partial charge in [0.25, 0.3) is 0 Å². The summed E-state index contributed by atoms with van der Waals surface area (Å²) in [5.41, 5.74) is 5.73. The van der Waals surface area contributed by atoms with Crippen LogP contribution in [0.3, 0.4) is 0 Å². The Kier molecular flexibility index (Phi) is 3.98. The van der Waals surface area contributed by atoms with Crippen LogP contribution < -0.4 is 5.73 Å². The van der Waals surface area contributed by atoms with Crippen molar-refractivity contribution in [1.82, 2.24) is 15.0 Å². The van der Waals surface area contributed by atoms with Crippen molar-refractivity contribution in [3.05, 3.63) is 11.9 Å². The van der Waals surface area contributed by atoms with Crippen LogP contribution in [0.15, 0.2) is 6.20 Å². The number of hydrogen-bond acceptors (Lipinski definition) is 4. The maximum Gasteiger partial charge on any atom is 0.303 e. The molecule has 7 nitrogen and oxygen atoms in total. The summed E-state index contributed by atoms with van der Waals surface area (Å²) >= 11 is 0. The number of carboxylic acid groups (broad SMARTS) is 1. The quantitative estimate of drug-likeness (QED) is 0.693. The fourth-order valence-electron chi connectivity index (χ4n) is 1.33. The van der Waals surface area contributed by atoms with Crippen LogP contribution in [0.5, 0.6) is 0 Å². The van der Waals surface area contributed by atoms with E-state index in [0.717, 1.165) is 0 Å². The Balaban J connectivity index is 2.69. The van der Waals surface area contributed by atoms with E-state index in [2.05, 4.69) is 10.3 Å². The second kappa shape index (κ2) is 5.24. The molecule has 0 spiro atoms. The molecule has 0 radical (unpaired) electrons. The minimum absolute atomic E-state index is 0.00788. The van der Waals surface area contributed by atoms with E-state index < -0.39 is 17.9 Å². The lowest BCUT2D eigenvalue weighted by molar-refractivity contribution is -0.137. The van der Waals surface area contributed by atoms with Crippen molar-refractivity contribution >= 4 is 11.9 Å². The third-order valence-electron chi connectivity index (χ3n) is 2.19. The summed E-state index contributed by atoms with van der Waals surface area (Å²) in [4.78, 5) is 21.4. The van der Waals surface area contributed by atoms with Gasteiger partial charge in [-0.25, -0.2) is 4.68 Å². The van der Waals surface area contributed by atoms with E-state index in [4.69, 9.17) is 10.8 Å². The Hall–Kier alpha value is -1.92. The molecule has 1 amide bonds. The molecular formula is C9H14N4O3. The van der Waals surface area contributed by atoms with Gasteiger partial charge in [0.15, 0.2) is 0 Å². The smallest absolute Gasteiger partial charge is 0.303 e. The highest BCUT2D eigenvalue weighted by molar-refractivity contribution is 5.78. The molecule has 1 rings (SSSR count). The van der Waals surface area contributed by atoms with Gasteiger partial charge in [-0.15, -0.1) is 5.10 Å². The first-order chi connectivity index (χ1) is 7.54. The Morgan fingerprint density at radius 1 is 1.62 bits per heavy atom. The lowest BCUT2D eigenvalue weighted by Gasteiger charge is -2.09. The lowest BCUT2D eigenvalue weighted by atomic mass is 10.2. The van der Waals surface area contributed by atoms with Gasteiger partial charge in [-0.2, -0.15) is 0 Å². The molecule has 0 bridgehead atoms. The van der Waals surface area contributed by atoms with Crippen molar-refractivity contribution in [2.45, 2.75) is 32.2 Å². The first-order valence-electron chi connectivity index (χ1n) is 4.96. The van der Waals surface area contributed by atoms with Gasteiger partial charge in [0.05, 0.1) is 12.1 Å². The van der Waals surface area contributed by atoms with Gasteiger partial charge in [0.2, 0.25) is 5.91 Å². The van der Waals surface area contributed by atoms with E-state index in [1.165, 1.54) is 4.68 Å². The van der Waals surface area contributed by atoms with Crippen LogP contribution in [0.4, 0.5) is 0 Å². The SMILES string of the molecule is CCC(C(N)=O)n1cc(CCC(=O)O)nn1. The van der Waals surface area contributed by atoms with Crippen LogP contribution in [-0.4, -0.2) is 32.0 Å².